The first kappa shape index (κ1) is 18.9. The number of rotatable bonds is 6. The summed E-state index contributed by atoms with van der Waals surface area (Å²) < 4.78 is 5.28. The van der Waals surface area contributed by atoms with Gasteiger partial charge in [0.05, 0.1) is 12.2 Å². The first-order chi connectivity index (χ1) is 12.7. The molecule has 0 saturated carbocycles. The fourth-order valence-electron chi connectivity index (χ4n) is 3.19. The number of fused-ring (bicyclic) bond motifs is 1. The van der Waals surface area contributed by atoms with Crippen LogP contribution in [0.2, 0.25) is 0 Å². The molecule has 1 heterocycles. The minimum Gasteiger partial charge on any atom is -0.462 e. The van der Waals surface area contributed by atoms with E-state index in [4.69, 9.17) is 17.0 Å². The highest BCUT2D eigenvalue weighted by Gasteiger charge is 2.26. The highest BCUT2D eigenvalue weighted by molar-refractivity contribution is 7.80. The van der Waals surface area contributed by atoms with Crippen molar-refractivity contribution in [1.82, 2.24) is 5.32 Å². The van der Waals surface area contributed by atoms with Crippen molar-refractivity contribution in [2.45, 2.75) is 39.0 Å². The fourth-order valence-corrected chi connectivity index (χ4v) is 4.74. The van der Waals surface area contributed by atoms with Crippen LogP contribution in [0.4, 0.5) is 5.00 Å². The number of benzene rings is 1. The Morgan fingerprint density at radius 1 is 1.23 bits per heavy atom. The van der Waals surface area contributed by atoms with Gasteiger partial charge in [-0.1, -0.05) is 30.3 Å². The van der Waals surface area contributed by atoms with E-state index < -0.39 is 0 Å². The number of carbonyl (C=O) groups is 1. The van der Waals surface area contributed by atoms with Crippen molar-refractivity contribution in [2.24, 2.45) is 0 Å². The second-order valence-corrected chi connectivity index (χ2v) is 7.77. The summed E-state index contributed by atoms with van der Waals surface area (Å²) in [7, 11) is 0. The number of carbonyl (C=O) groups excluding carboxylic acids is 1. The summed E-state index contributed by atoms with van der Waals surface area (Å²) in [4.78, 5) is 13.7. The average Bonchev–Trinajstić information content (AvgIpc) is 3.00. The molecule has 0 amide bonds. The molecule has 0 aliphatic heterocycles. The molecule has 2 aromatic rings. The minimum atomic E-state index is -0.249. The standard InChI is InChI=1S/C20H24N2O2S2/c1-2-24-19(23)17-15-10-6-7-11-16(15)26-18(17)22-20(25)21-13-12-14-8-4-3-5-9-14/h3-5,8-9H,2,6-7,10-13H2,1H3,(H2,21,22,25). The molecular weight excluding hydrogens is 364 g/mol. The lowest BCUT2D eigenvalue weighted by Gasteiger charge is -2.13. The number of ether oxygens (including phenoxy) is 1. The summed E-state index contributed by atoms with van der Waals surface area (Å²) in [6, 6.07) is 10.3. The quantitative estimate of drug-likeness (QED) is 0.570. The van der Waals surface area contributed by atoms with Gasteiger partial charge in [0.1, 0.15) is 5.00 Å². The van der Waals surface area contributed by atoms with Gasteiger partial charge >= 0.3 is 5.97 Å². The molecular formula is C20H24N2O2S2. The molecule has 4 nitrogen and oxygen atoms in total. The summed E-state index contributed by atoms with van der Waals surface area (Å²) in [5.74, 6) is -0.249. The monoisotopic (exact) mass is 388 g/mol. The van der Waals surface area contributed by atoms with Gasteiger partial charge in [-0.05, 0) is 62.4 Å². The van der Waals surface area contributed by atoms with Gasteiger partial charge in [0.2, 0.25) is 0 Å². The normalized spacial score (nSPS) is 13.0. The van der Waals surface area contributed by atoms with Crippen molar-refractivity contribution in [3.8, 4) is 0 Å². The maximum atomic E-state index is 12.5. The first-order valence-electron chi connectivity index (χ1n) is 9.09. The minimum absolute atomic E-state index is 0.249. The molecule has 3 rings (SSSR count). The maximum Gasteiger partial charge on any atom is 0.341 e. The second kappa shape index (κ2) is 9.14. The molecule has 0 unspecified atom stereocenters. The number of thiophene rings is 1. The van der Waals surface area contributed by atoms with Crippen LogP contribution in [-0.4, -0.2) is 24.2 Å². The molecule has 1 aliphatic rings. The van der Waals surface area contributed by atoms with Crippen molar-refractivity contribution < 1.29 is 9.53 Å². The van der Waals surface area contributed by atoms with Crippen LogP contribution in [0.1, 0.15) is 46.1 Å². The number of anilines is 1. The van der Waals surface area contributed by atoms with E-state index in [1.807, 2.05) is 25.1 Å². The second-order valence-electron chi connectivity index (χ2n) is 6.25. The van der Waals surface area contributed by atoms with Crippen molar-refractivity contribution in [2.75, 3.05) is 18.5 Å². The van der Waals surface area contributed by atoms with Gasteiger partial charge in [-0.2, -0.15) is 0 Å². The number of thiocarbonyl (C=S) groups is 1. The van der Waals surface area contributed by atoms with Crippen LogP contribution in [0.15, 0.2) is 30.3 Å². The number of esters is 1. The van der Waals surface area contributed by atoms with Crippen molar-refractivity contribution in [3.63, 3.8) is 0 Å². The Hall–Kier alpha value is -1.92. The Bertz CT molecular complexity index is 772. The van der Waals surface area contributed by atoms with E-state index in [2.05, 4.69) is 22.8 Å². The highest BCUT2D eigenvalue weighted by Crippen LogP contribution is 2.38. The number of hydrogen-bond acceptors (Lipinski definition) is 4. The van der Waals surface area contributed by atoms with E-state index in [0.717, 1.165) is 42.8 Å². The molecule has 0 atom stereocenters. The molecule has 26 heavy (non-hydrogen) atoms. The van der Waals surface area contributed by atoms with E-state index in [-0.39, 0.29) is 5.97 Å². The first-order valence-corrected chi connectivity index (χ1v) is 10.3. The largest absolute Gasteiger partial charge is 0.462 e. The van der Waals surface area contributed by atoms with Crippen LogP contribution in [0.5, 0.6) is 0 Å². The average molecular weight is 389 g/mol. The molecule has 1 aromatic heterocycles. The topological polar surface area (TPSA) is 50.4 Å². The lowest BCUT2D eigenvalue weighted by atomic mass is 9.95. The molecule has 0 saturated heterocycles. The van der Waals surface area contributed by atoms with Gasteiger partial charge in [0.15, 0.2) is 5.11 Å². The summed E-state index contributed by atoms with van der Waals surface area (Å²) in [6.45, 7) is 2.96. The lowest BCUT2D eigenvalue weighted by molar-refractivity contribution is 0.0526. The SMILES string of the molecule is CCOC(=O)c1c(NC(=S)NCCc2ccccc2)sc2c1CCCC2. The van der Waals surface area contributed by atoms with Crippen LogP contribution in [0, 0.1) is 0 Å². The molecule has 6 heteroatoms. The van der Waals surface area contributed by atoms with Crippen LogP contribution in [0.25, 0.3) is 0 Å². The molecule has 1 aromatic carbocycles. The number of aryl methyl sites for hydroxylation is 1. The van der Waals surface area contributed by atoms with Gasteiger partial charge in [-0.25, -0.2) is 4.79 Å². The molecule has 2 N–H and O–H groups in total. The predicted molar refractivity (Wildman–Crippen MR) is 111 cm³/mol. The van der Waals surface area contributed by atoms with Crippen molar-refractivity contribution in [1.29, 1.82) is 0 Å². The van der Waals surface area contributed by atoms with Gasteiger partial charge in [0, 0.05) is 11.4 Å². The van der Waals surface area contributed by atoms with Crippen molar-refractivity contribution >= 4 is 39.6 Å². The molecule has 138 valence electrons. The van der Waals surface area contributed by atoms with E-state index in [1.54, 1.807) is 11.3 Å². The fraction of sp³-hybridized carbons (Fsp3) is 0.400. The van der Waals surface area contributed by atoms with Crippen LogP contribution < -0.4 is 10.6 Å². The summed E-state index contributed by atoms with van der Waals surface area (Å²) in [6.07, 6.45) is 5.16. The highest BCUT2D eigenvalue weighted by atomic mass is 32.1. The van der Waals surface area contributed by atoms with E-state index in [9.17, 15) is 4.79 Å². The maximum absolute atomic E-state index is 12.5. The van der Waals surface area contributed by atoms with Crippen LogP contribution in [0.3, 0.4) is 0 Å². The molecule has 0 spiro atoms. The molecule has 0 fully saturated rings. The Kier molecular flexibility index (Phi) is 6.63. The third-order valence-corrected chi connectivity index (χ3v) is 5.87. The molecule has 1 aliphatic carbocycles. The van der Waals surface area contributed by atoms with Crippen LogP contribution >= 0.6 is 23.6 Å². The smallest absolute Gasteiger partial charge is 0.341 e. The van der Waals surface area contributed by atoms with E-state index in [0.29, 0.717) is 17.3 Å². The van der Waals surface area contributed by atoms with E-state index >= 15 is 0 Å². The van der Waals surface area contributed by atoms with Gasteiger partial charge < -0.3 is 15.4 Å². The third kappa shape index (κ3) is 4.62. The Balaban J connectivity index is 1.65. The van der Waals surface area contributed by atoms with Gasteiger partial charge in [-0.15, -0.1) is 11.3 Å². The summed E-state index contributed by atoms with van der Waals surface area (Å²) >= 11 is 7.07. The van der Waals surface area contributed by atoms with Gasteiger partial charge in [0.25, 0.3) is 0 Å². The van der Waals surface area contributed by atoms with Gasteiger partial charge in [-0.3, -0.25) is 0 Å². The Morgan fingerprint density at radius 2 is 2.00 bits per heavy atom. The van der Waals surface area contributed by atoms with Crippen molar-refractivity contribution in [3.05, 3.63) is 51.9 Å². The zero-order valence-corrected chi connectivity index (χ0v) is 16.6. The van der Waals surface area contributed by atoms with Crippen LogP contribution in [-0.2, 0) is 24.0 Å². The zero-order chi connectivity index (χ0) is 18.4. The zero-order valence-electron chi connectivity index (χ0n) is 15.0. The van der Waals surface area contributed by atoms with E-state index in [1.165, 1.54) is 16.9 Å². The number of nitrogens with one attached hydrogen (secondary N) is 2. The predicted octanol–water partition coefficient (Wildman–Crippen LogP) is 4.33. The summed E-state index contributed by atoms with van der Waals surface area (Å²) in [5.41, 5.74) is 3.09. The molecule has 0 radical (unpaired) electrons. The number of hydrogen-bond donors (Lipinski definition) is 2. The lowest BCUT2D eigenvalue weighted by Crippen LogP contribution is -2.30. The summed E-state index contributed by atoms with van der Waals surface area (Å²) in [5, 5.41) is 7.82. The Morgan fingerprint density at radius 3 is 2.77 bits per heavy atom. The Labute approximate surface area is 164 Å². The third-order valence-electron chi connectivity index (χ3n) is 4.42. The molecule has 0 bridgehead atoms.